The van der Waals surface area contributed by atoms with Gasteiger partial charge in [-0.25, -0.2) is 0 Å². The quantitative estimate of drug-likeness (QED) is 0.776. The first kappa shape index (κ1) is 14.7. The predicted molar refractivity (Wildman–Crippen MR) is 82.5 cm³/mol. The summed E-state index contributed by atoms with van der Waals surface area (Å²) in [5, 5.41) is 0. The van der Waals surface area contributed by atoms with Gasteiger partial charge >= 0.3 is 0 Å². The second-order valence-electron chi connectivity index (χ2n) is 5.68. The summed E-state index contributed by atoms with van der Waals surface area (Å²) in [5.74, 6) is 0.913. The standard InChI is InChI=1S/C16H22BrNO/c1-12-6-3-4-9-15(12)18(2)11-16(19)13-7-5-8-14(17)10-13/h5,7-8,10,12,15H,3-4,6,9,11H2,1-2H3. The number of benzene rings is 1. The van der Waals surface area contributed by atoms with Gasteiger partial charge in [-0.3, -0.25) is 9.69 Å². The van der Waals surface area contributed by atoms with Crippen LogP contribution in [0.3, 0.4) is 0 Å². The van der Waals surface area contributed by atoms with Gasteiger partial charge in [0.25, 0.3) is 0 Å². The molecular weight excluding hydrogens is 302 g/mol. The number of nitrogens with zero attached hydrogens (tertiary/aromatic N) is 1. The number of carbonyl (C=O) groups excluding carboxylic acids is 1. The van der Waals surface area contributed by atoms with Crippen molar-refractivity contribution >= 4 is 21.7 Å². The molecule has 104 valence electrons. The highest BCUT2D eigenvalue weighted by molar-refractivity contribution is 9.10. The Bertz CT molecular complexity index is 446. The Morgan fingerprint density at radius 2 is 2.11 bits per heavy atom. The molecule has 2 atom stereocenters. The molecule has 1 saturated carbocycles. The second kappa shape index (κ2) is 6.67. The summed E-state index contributed by atoms with van der Waals surface area (Å²) in [5.41, 5.74) is 0.796. The smallest absolute Gasteiger partial charge is 0.176 e. The summed E-state index contributed by atoms with van der Waals surface area (Å²) in [7, 11) is 2.09. The molecule has 0 heterocycles. The van der Waals surface area contributed by atoms with E-state index in [1.165, 1.54) is 25.7 Å². The highest BCUT2D eigenvalue weighted by Crippen LogP contribution is 2.27. The highest BCUT2D eigenvalue weighted by Gasteiger charge is 2.26. The van der Waals surface area contributed by atoms with E-state index < -0.39 is 0 Å². The molecule has 0 N–H and O–H groups in total. The van der Waals surface area contributed by atoms with E-state index in [2.05, 4.69) is 34.8 Å². The van der Waals surface area contributed by atoms with Gasteiger partial charge in [-0.05, 0) is 37.9 Å². The zero-order valence-corrected chi connectivity index (χ0v) is 13.3. The van der Waals surface area contributed by atoms with Crippen molar-refractivity contribution in [1.82, 2.24) is 4.90 Å². The van der Waals surface area contributed by atoms with Crippen LogP contribution in [0.4, 0.5) is 0 Å². The van der Waals surface area contributed by atoms with Crippen LogP contribution < -0.4 is 0 Å². The molecular formula is C16H22BrNO. The number of carbonyl (C=O) groups is 1. The van der Waals surface area contributed by atoms with Crippen molar-refractivity contribution in [2.45, 2.75) is 38.6 Å². The van der Waals surface area contributed by atoms with Gasteiger partial charge in [0.1, 0.15) is 0 Å². The van der Waals surface area contributed by atoms with Gasteiger partial charge in [0.05, 0.1) is 6.54 Å². The third-order valence-electron chi connectivity index (χ3n) is 4.17. The average molecular weight is 324 g/mol. The van der Waals surface area contributed by atoms with Gasteiger partial charge < -0.3 is 0 Å². The molecule has 0 aromatic heterocycles. The molecule has 1 aliphatic carbocycles. The Hall–Kier alpha value is -0.670. The molecule has 0 radical (unpaired) electrons. The maximum Gasteiger partial charge on any atom is 0.176 e. The Kier molecular flexibility index (Phi) is 5.17. The van der Waals surface area contributed by atoms with Crippen LogP contribution in [-0.4, -0.2) is 30.3 Å². The van der Waals surface area contributed by atoms with E-state index in [1.807, 2.05) is 24.3 Å². The molecule has 1 aromatic rings. The Balaban J connectivity index is 1.98. The van der Waals surface area contributed by atoms with E-state index >= 15 is 0 Å². The van der Waals surface area contributed by atoms with Crippen LogP contribution in [0.25, 0.3) is 0 Å². The maximum atomic E-state index is 12.3. The predicted octanol–water partition coefficient (Wildman–Crippen LogP) is 4.14. The van der Waals surface area contributed by atoms with E-state index in [1.54, 1.807) is 0 Å². The fraction of sp³-hybridized carbons (Fsp3) is 0.562. The first-order valence-electron chi connectivity index (χ1n) is 7.07. The summed E-state index contributed by atoms with van der Waals surface area (Å²) in [6.45, 7) is 2.83. The molecule has 2 rings (SSSR count). The lowest BCUT2D eigenvalue weighted by molar-refractivity contribution is 0.0851. The maximum absolute atomic E-state index is 12.3. The molecule has 0 bridgehead atoms. The van der Waals surface area contributed by atoms with Crippen molar-refractivity contribution in [3.8, 4) is 0 Å². The molecule has 0 aliphatic heterocycles. The Morgan fingerprint density at radius 1 is 1.37 bits per heavy atom. The molecule has 0 saturated heterocycles. The molecule has 2 nitrogen and oxygen atoms in total. The first-order valence-corrected chi connectivity index (χ1v) is 7.86. The van der Waals surface area contributed by atoms with Gasteiger partial charge in [-0.1, -0.05) is 47.8 Å². The van der Waals surface area contributed by atoms with E-state index in [9.17, 15) is 4.79 Å². The van der Waals surface area contributed by atoms with E-state index in [-0.39, 0.29) is 5.78 Å². The van der Waals surface area contributed by atoms with Gasteiger partial charge in [-0.2, -0.15) is 0 Å². The Morgan fingerprint density at radius 3 is 2.79 bits per heavy atom. The minimum atomic E-state index is 0.210. The minimum absolute atomic E-state index is 0.210. The lowest BCUT2D eigenvalue weighted by atomic mass is 9.85. The average Bonchev–Trinajstić information content (AvgIpc) is 2.39. The fourth-order valence-electron chi connectivity index (χ4n) is 3.05. The molecule has 0 spiro atoms. The van der Waals surface area contributed by atoms with E-state index in [0.717, 1.165) is 10.0 Å². The topological polar surface area (TPSA) is 20.3 Å². The number of ketones is 1. The lowest BCUT2D eigenvalue weighted by Crippen LogP contribution is -2.41. The third kappa shape index (κ3) is 3.90. The van der Waals surface area contributed by atoms with Crippen LogP contribution in [-0.2, 0) is 0 Å². The molecule has 2 unspecified atom stereocenters. The summed E-state index contributed by atoms with van der Waals surface area (Å²) >= 11 is 3.42. The molecule has 1 aliphatic rings. The number of rotatable bonds is 4. The molecule has 19 heavy (non-hydrogen) atoms. The van der Waals surface area contributed by atoms with Crippen molar-refractivity contribution in [1.29, 1.82) is 0 Å². The number of Topliss-reactive ketones (excluding diaryl/α,β-unsaturated/α-hetero) is 1. The van der Waals surface area contributed by atoms with Crippen LogP contribution in [0, 0.1) is 5.92 Å². The van der Waals surface area contributed by atoms with Gasteiger partial charge in [0, 0.05) is 16.1 Å². The van der Waals surface area contributed by atoms with E-state index in [4.69, 9.17) is 0 Å². The van der Waals surface area contributed by atoms with Crippen LogP contribution in [0.1, 0.15) is 43.0 Å². The third-order valence-corrected chi connectivity index (χ3v) is 4.67. The van der Waals surface area contributed by atoms with Crippen molar-refractivity contribution in [2.75, 3.05) is 13.6 Å². The second-order valence-corrected chi connectivity index (χ2v) is 6.59. The lowest BCUT2D eigenvalue weighted by Gasteiger charge is -2.35. The largest absolute Gasteiger partial charge is 0.296 e. The summed E-state index contributed by atoms with van der Waals surface area (Å²) < 4.78 is 0.965. The van der Waals surface area contributed by atoms with Crippen LogP contribution in [0.15, 0.2) is 28.7 Å². The van der Waals surface area contributed by atoms with Crippen LogP contribution in [0.2, 0.25) is 0 Å². The zero-order chi connectivity index (χ0) is 13.8. The van der Waals surface area contributed by atoms with Crippen LogP contribution >= 0.6 is 15.9 Å². The number of likely N-dealkylation sites (N-methyl/N-ethyl adjacent to an activating group) is 1. The van der Waals surface area contributed by atoms with Gasteiger partial charge in [0.2, 0.25) is 0 Å². The van der Waals surface area contributed by atoms with Gasteiger partial charge in [0.15, 0.2) is 5.78 Å². The summed E-state index contributed by atoms with van der Waals surface area (Å²) in [6.07, 6.45) is 5.15. The Labute approximate surface area is 124 Å². The van der Waals surface area contributed by atoms with E-state index in [0.29, 0.717) is 18.5 Å². The SMILES string of the molecule is CC1CCCCC1N(C)CC(=O)c1cccc(Br)c1. The number of hydrogen-bond acceptors (Lipinski definition) is 2. The van der Waals surface area contributed by atoms with Crippen molar-refractivity contribution in [3.05, 3.63) is 34.3 Å². The van der Waals surface area contributed by atoms with Crippen molar-refractivity contribution in [2.24, 2.45) is 5.92 Å². The fourth-order valence-corrected chi connectivity index (χ4v) is 3.45. The van der Waals surface area contributed by atoms with Crippen molar-refractivity contribution < 1.29 is 4.79 Å². The highest BCUT2D eigenvalue weighted by atomic mass is 79.9. The zero-order valence-electron chi connectivity index (χ0n) is 11.7. The van der Waals surface area contributed by atoms with Crippen LogP contribution in [0.5, 0.6) is 0 Å². The number of hydrogen-bond donors (Lipinski definition) is 0. The summed E-state index contributed by atoms with van der Waals surface area (Å²) in [4.78, 5) is 14.5. The minimum Gasteiger partial charge on any atom is -0.296 e. The molecule has 1 aromatic carbocycles. The molecule has 0 amide bonds. The van der Waals surface area contributed by atoms with Gasteiger partial charge in [-0.15, -0.1) is 0 Å². The first-order chi connectivity index (χ1) is 9.08. The molecule has 3 heteroatoms. The monoisotopic (exact) mass is 323 g/mol. The number of halogens is 1. The normalized spacial score (nSPS) is 23.6. The molecule has 1 fully saturated rings. The summed E-state index contributed by atoms with van der Waals surface area (Å²) in [6, 6.07) is 8.22. The van der Waals surface area contributed by atoms with Crippen molar-refractivity contribution in [3.63, 3.8) is 0 Å².